The molecule has 7 nitrogen and oxygen atoms in total. The second-order valence-electron chi connectivity index (χ2n) is 6.95. The fourth-order valence-electron chi connectivity index (χ4n) is 3.62. The van der Waals surface area contributed by atoms with Crippen molar-refractivity contribution in [3.8, 4) is 5.69 Å². The Morgan fingerprint density at radius 2 is 1.84 bits per heavy atom. The van der Waals surface area contributed by atoms with E-state index >= 15 is 0 Å². The molecule has 2 aromatic heterocycles. The van der Waals surface area contributed by atoms with Crippen LogP contribution < -0.4 is 0 Å². The van der Waals surface area contributed by atoms with E-state index in [1.807, 2.05) is 0 Å². The first kappa shape index (κ1) is 22.8. The molecule has 0 spiro atoms. The summed E-state index contributed by atoms with van der Waals surface area (Å²) in [6.45, 7) is -0.457. The molecule has 3 aromatic rings. The fraction of sp³-hybridized carbons (Fsp3) is 0.375. The Morgan fingerprint density at radius 3 is 2.41 bits per heavy atom. The number of aromatic amines is 1. The van der Waals surface area contributed by atoms with E-state index < -0.39 is 74.4 Å². The largest absolute Gasteiger partial charge is 0.418 e. The molecule has 0 radical (unpaired) electrons. The summed E-state index contributed by atoms with van der Waals surface area (Å²) in [6.07, 6.45) is -9.60. The maximum absolute atomic E-state index is 14.5. The molecule has 174 valence electrons. The van der Waals surface area contributed by atoms with Crippen molar-refractivity contribution in [1.29, 1.82) is 0 Å². The molecule has 1 aliphatic heterocycles. The molecule has 1 fully saturated rings. The minimum Gasteiger partial charge on any atom is -0.342 e. The van der Waals surface area contributed by atoms with Crippen LogP contribution >= 0.6 is 11.6 Å². The van der Waals surface area contributed by atoms with Crippen molar-refractivity contribution >= 4 is 32.5 Å². The first-order valence-corrected chi connectivity index (χ1v) is 10.6. The summed E-state index contributed by atoms with van der Waals surface area (Å²) >= 11 is 5.62. The van der Waals surface area contributed by atoms with Gasteiger partial charge in [-0.05, 0) is 25.0 Å². The van der Waals surface area contributed by atoms with Gasteiger partial charge in [0.05, 0.1) is 17.3 Å². The van der Waals surface area contributed by atoms with Crippen molar-refractivity contribution in [3.63, 3.8) is 0 Å². The van der Waals surface area contributed by atoms with Crippen LogP contribution in [0.2, 0.25) is 5.15 Å². The lowest BCUT2D eigenvalue weighted by molar-refractivity contribution is -0.165. The summed E-state index contributed by atoms with van der Waals surface area (Å²) in [5.41, 5.74) is -3.05. The van der Waals surface area contributed by atoms with Crippen LogP contribution in [0.1, 0.15) is 18.4 Å². The quantitative estimate of drug-likeness (QED) is 0.539. The summed E-state index contributed by atoms with van der Waals surface area (Å²) in [7, 11) is -4.86. The lowest BCUT2D eigenvalue weighted by Crippen LogP contribution is -2.44. The Labute approximate surface area is 179 Å². The third-order valence-electron chi connectivity index (χ3n) is 4.95. The number of hydrogen-bond donors (Lipinski definition) is 1. The predicted molar refractivity (Wildman–Crippen MR) is 96.2 cm³/mol. The topological polar surface area (TPSA) is 83.9 Å². The molecule has 3 heterocycles. The smallest absolute Gasteiger partial charge is 0.342 e. The molecule has 32 heavy (non-hydrogen) atoms. The Bertz CT molecular complexity index is 1300. The Kier molecular flexibility index (Phi) is 5.21. The van der Waals surface area contributed by atoms with Gasteiger partial charge in [0.25, 0.3) is 10.0 Å². The number of halogens is 8. The normalized spacial score (nSPS) is 18.7. The molecular weight excluding hydrogens is 495 g/mol. The maximum atomic E-state index is 14.5. The number of H-pyrrole nitrogens is 1. The molecular formula is C16H11ClF7N5O2S. The molecule has 4 rings (SSSR count). The average Bonchev–Trinajstić information content (AvgIpc) is 3.39. The van der Waals surface area contributed by atoms with Gasteiger partial charge in [0.15, 0.2) is 5.15 Å². The Hall–Kier alpha value is -2.39. The van der Waals surface area contributed by atoms with Gasteiger partial charge in [0.2, 0.25) is 0 Å². The molecule has 1 N–H and O–H groups in total. The van der Waals surface area contributed by atoms with Gasteiger partial charge in [-0.15, -0.1) is 9.90 Å². The number of fused-ring (bicyclic) bond motifs is 1. The van der Waals surface area contributed by atoms with Crippen molar-refractivity contribution in [2.24, 2.45) is 0 Å². The van der Waals surface area contributed by atoms with Crippen LogP contribution in [0.3, 0.4) is 0 Å². The first-order valence-electron chi connectivity index (χ1n) is 8.80. The van der Waals surface area contributed by atoms with Gasteiger partial charge in [-0.2, -0.15) is 35.7 Å². The van der Waals surface area contributed by atoms with Crippen LogP contribution in [0.25, 0.3) is 16.6 Å². The Morgan fingerprint density at radius 1 is 1.16 bits per heavy atom. The van der Waals surface area contributed by atoms with E-state index in [4.69, 9.17) is 11.6 Å². The molecule has 1 aliphatic rings. The number of alkyl halides is 6. The molecule has 16 heteroatoms. The van der Waals surface area contributed by atoms with Crippen molar-refractivity contribution in [2.45, 2.75) is 36.3 Å². The zero-order valence-corrected chi connectivity index (χ0v) is 17.0. The zero-order chi connectivity index (χ0) is 23.6. The Balaban J connectivity index is 1.96. The van der Waals surface area contributed by atoms with E-state index in [9.17, 15) is 39.2 Å². The SMILES string of the molecule is O=S(=O)(c1cc2c(-n3ncc(Cl)n3)c(C(F)(F)F)cc(F)c2[nH]1)N1CCC[C@H]1C(F)(F)F. The van der Waals surface area contributed by atoms with Crippen LogP contribution in [0.4, 0.5) is 30.7 Å². The highest BCUT2D eigenvalue weighted by Crippen LogP contribution is 2.41. The van der Waals surface area contributed by atoms with Crippen molar-refractivity contribution in [3.05, 3.63) is 34.9 Å². The third kappa shape index (κ3) is 3.71. The van der Waals surface area contributed by atoms with Crippen molar-refractivity contribution < 1.29 is 39.2 Å². The summed E-state index contributed by atoms with van der Waals surface area (Å²) in [4.78, 5) is 2.54. The van der Waals surface area contributed by atoms with Crippen LogP contribution in [0.5, 0.6) is 0 Å². The van der Waals surface area contributed by atoms with E-state index in [2.05, 4.69) is 15.2 Å². The maximum Gasteiger partial charge on any atom is 0.418 e. The number of aromatic nitrogens is 4. The summed E-state index contributed by atoms with van der Waals surface area (Å²) in [5.74, 6) is -1.47. The van der Waals surface area contributed by atoms with E-state index in [0.717, 1.165) is 6.20 Å². The zero-order valence-electron chi connectivity index (χ0n) is 15.5. The van der Waals surface area contributed by atoms with Crippen LogP contribution in [0, 0.1) is 5.82 Å². The van der Waals surface area contributed by atoms with Gasteiger partial charge in [-0.1, -0.05) is 11.6 Å². The molecule has 1 atom stereocenters. The molecule has 1 aromatic carbocycles. The molecule has 0 aliphatic carbocycles. The summed E-state index contributed by atoms with van der Waals surface area (Å²) in [5, 5.41) is 5.31. The third-order valence-corrected chi connectivity index (χ3v) is 6.95. The second-order valence-corrected chi connectivity index (χ2v) is 9.19. The fourth-order valence-corrected chi connectivity index (χ4v) is 5.42. The van der Waals surface area contributed by atoms with Crippen LogP contribution in [0.15, 0.2) is 23.4 Å². The molecule has 0 amide bonds. The number of sulfonamides is 1. The van der Waals surface area contributed by atoms with Gasteiger partial charge in [-0.25, -0.2) is 12.8 Å². The highest BCUT2D eigenvalue weighted by molar-refractivity contribution is 7.89. The number of nitrogens with zero attached hydrogens (tertiary/aromatic N) is 4. The van der Waals surface area contributed by atoms with Gasteiger partial charge < -0.3 is 4.98 Å². The van der Waals surface area contributed by atoms with E-state index in [1.165, 1.54) is 0 Å². The molecule has 0 saturated carbocycles. The summed E-state index contributed by atoms with van der Waals surface area (Å²) in [6, 6.07) is -1.57. The van der Waals surface area contributed by atoms with Gasteiger partial charge >= 0.3 is 12.4 Å². The number of rotatable bonds is 3. The molecule has 0 unspecified atom stereocenters. The lowest BCUT2D eigenvalue weighted by Gasteiger charge is -2.25. The predicted octanol–water partition coefficient (Wildman–Crippen LogP) is 4.28. The number of benzene rings is 1. The lowest BCUT2D eigenvalue weighted by atomic mass is 10.1. The molecule has 1 saturated heterocycles. The standard InChI is InChI=1S/C16H11ClF7N5O2S/c17-11-6-25-29(27-11)14-7-4-12(26-13(7)9(18)5-8(14)15(19,20)21)32(30,31)28-3-1-2-10(28)16(22,23)24/h4-6,10,26H,1-3H2/t10-/m0/s1. The minimum absolute atomic E-state index is 0.0722. The highest BCUT2D eigenvalue weighted by atomic mass is 35.5. The van der Waals surface area contributed by atoms with Gasteiger partial charge in [0.1, 0.15) is 22.6 Å². The minimum atomic E-state index is -5.10. The van der Waals surface area contributed by atoms with Crippen LogP contribution in [-0.2, 0) is 16.2 Å². The monoisotopic (exact) mass is 505 g/mol. The summed E-state index contributed by atoms with van der Waals surface area (Å²) < 4.78 is 121. The van der Waals surface area contributed by atoms with E-state index in [-0.39, 0.29) is 21.9 Å². The number of nitrogens with one attached hydrogen (secondary N) is 1. The van der Waals surface area contributed by atoms with Gasteiger partial charge in [-0.3, -0.25) is 0 Å². The van der Waals surface area contributed by atoms with Crippen molar-refractivity contribution in [2.75, 3.05) is 6.54 Å². The first-order chi connectivity index (χ1) is 14.7. The number of hydrogen-bond acceptors (Lipinski definition) is 4. The average molecular weight is 506 g/mol. The highest BCUT2D eigenvalue weighted by Gasteiger charge is 2.51. The van der Waals surface area contributed by atoms with Crippen molar-refractivity contribution in [1.82, 2.24) is 24.3 Å². The van der Waals surface area contributed by atoms with Gasteiger partial charge in [0, 0.05) is 11.9 Å². The molecule has 0 bridgehead atoms. The second kappa shape index (κ2) is 7.31. The van der Waals surface area contributed by atoms with E-state index in [0.29, 0.717) is 10.9 Å². The van der Waals surface area contributed by atoms with E-state index in [1.54, 1.807) is 0 Å². The van der Waals surface area contributed by atoms with Crippen LogP contribution in [-0.4, -0.2) is 51.5 Å².